The summed E-state index contributed by atoms with van der Waals surface area (Å²) in [6, 6.07) is 14.6. The predicted molar refractivity (Wildman–Crippen MR) is 106 cm³/mol. The third kappa shape index (κ3) is 5.33. The fourth-order valence-electron chi connectivity index (χ4n) is 2.25. The molecule has 0 atom stereocenters. The van der Waals surface area contributed by atoms with Gasteiger partial charge in [0.2, 0.25) is 0 Å². The Morgan fingerprint density at radius 3 is 2.59 bits per heavy atom. The van der Waals surface area contributed by atoms with Crippen LogP contribution in [0.3, 0.4) is 0 Å². The number of nitrogens with one attached hydrogen (secondary N) is 1. The van der Waals surface area contributed by atoms with Gasteiger partial charge in [-0.05, 0) is 49.1 Å². The summed E-state index contributed by atoms with van der Waals surface area (Å²) in [5, 5.41) is 3.15. The molecular formula is C18H24IN3. The molecule has 0 spiro atoms. The zero-order chi connectivity index (χ0) is 15.2. The van der Waals surface area contributed by atoms with Crippen molar-refractivity contribution in [2.45, 2.75) is 33.7 Å². The Hall–Kier alpha value is -1.56. The van der Waals surface area contributed by atoms with Crippen LogP contribution in [-0.2, 0) is 13.0 Å². The van der Waals surface area contributed by atoms with Gasteiger partial charge >= 0.3 is 0 Å². The lowest BCUT2D eigenvalue weighted by molar-refractivity contribution is 1.04. The van der Waals surface area contributed by atoms with Crippen LogP contribution in [0.2, 0.25) is 0 Å². The number of benzene rings is 2. The summed E-state index contributed by atoms with van der Waals surface area (Å²) in [4.78, 5) is 4.42. The van der Waals surface area contributed by atoms with Crippen LogP contribution in [0.4, 0.5) is 5.69 Å². The molecule has 0 heterocycles. The van der Waals surface area contributed by atoms with Gasteiger partial charge in [-0.3, -0.25) is 0 Å². The lowest BCUT2D eigenvalue weighted by Crippen LogP contribution is -2.22. The lowest BCUT2D eigenvalue weighted by Gasteiger charge is -2.08. The van der Waals surface area contributed by atoms with Crippen molar-refractivity contribution in [1.82, 2.24) is 0 Å². The quantitative estimate of drug-likeness (QED) is 0.447. The summed E-state index contributed by atoms with van der Waals surface area (Å²) in [6.07, 6.45) is 1.01. The number of rotatable bonds is 4. The predicted octanol–water partition coefficient (Wildman–Crippen LogP) is 4.41. The Morgan fingerprint density at radius 2 is 1.91 bits per heavy atom. The van der Waals surface area contributed by atoms with E-state index in [4.69, 9.17) is 5.73 Å². The van der Waals surface area contributed by atoms with Crippen LogP contribution in [0.15, 0.2) is 47.5 Å². The maximum absolute atomic E-state index is 5.96. The van der Waals surface area contributed by atoms with E-state index in [9.17, 15) is 0 Å². The highest BCUT2D eigenvalue weighted by atomic mass is 127. The first kappa shape index (κ1) is 18.5. The Morgan fingerprint density at radius 1 is 1.14 bits per heavy atom. The number of halogens is 1. The van der Waals surface area contributed by atoms with Crippen LogP contribution in [0.5, 0.6) is 0 Å². The van der Waals surface area contributed by atoms with E-state index in [1.54, 1.807) is 0 Å². The molecule has 0 radical (unpaired) electrons. The number of guanidine groups is 1. The molecule has 0 aliphatic heterocycles. The van der Waals surface area contributed by atoms with Gasteiger partial charge in [0.05, 0.1) is 6.54 Å². The van der Waals surface area contributed by atoms with Gasteiger partial charge in [-0.1, -0.05) is 42.8 Å². The molecule has 3 nitrogen and oxygen atoms in total. The van der Waals surface area contributed by atoms with Crippen LogP contribution >= 0.6 is 24.0 Å². The average molecular weight is 409 g/mol. The summed E-state index contributed by atoms with van der Waals surface area (Å²) >= 11 is 0. The molecule has 0 aliphatic rings. The van der Waals surface area contributed by atoms with E-state index in [1.165, 1.54) is 22.3 Å². The van der Waals surface area contributed by atoms with Crippen molar-refractivity contribution < 1.29 is 0 Å². The summed E-state index contributed by atoms with van der Waals surface area (Å²) in [5.74, 6) is 0.447. The molecule has 0 saturated carbocycles. The first-order valence-corrected chi connectivity index (χ1v) is 7.30. The van der Waals surface area contributed by atoms with Crippen LogP contribution in [0.25, 0.3) is 0 Å². The van der Waals surface area contributed by atoms with E-state index in [2.05, 4.69) is 61.4 Å². The Bertz CT molecular complexity index is 651. The SMILES string of the molecule is CCc1cccc(NC(N)=NCc2ccc(C)cc2C)c1.I. The minimum atomic E-state index is 0. The minimum absolute atomic E-state index is 0. The Labute approximate surface area is 150 Å². The number of hydrogen-bond acceptors (Lipinski definition) is 1. The molecule has 0 unspecified atom stereocenters. The van der Waals surface area contributed by atoms with E-state index in [0.29, 0.717) is 12.5 Å². The first-order chi connectivity index (χ1) is 10.1. The van der Waals surface area contributed by atoms with Crippen molar-refractivity contribution in [2.24, 2.45) is 10.7 Å². The molecule has 2 rings (SSSR count). The largest absolute Gasteiger partial charge is 0.370 e. The van der Waals surface area contributed by atoms with Crippen molar-refractivity contribution in [3.05, 3.63) is 64.7 Å². The van der Waals surface area contributed by atoms with Gasteiger partial charge in [-0.25, -0.2) is 4.99 Å². The van der Waals surface area contributed by atoms with Gasteiger partial charge in [0, 0.05) is 5.69 Å². The zero-order valence-electron chi connectivity index (χ0n) is 13.4. The maximum atomic E-state index is 5.96. The number of aryl methyl sites for hydroxylation is 3. The second kappa shape index (κ2) is 8.78. The van der Waals surface area contributed by atoms with Crippen LogP contribution < -0.4 is 11.1 Å². The highest BCUT2D eigenvalue weighted by Gasteiger charge is 1.99. The normalized spacial score (nSPS) is 11.0. The van der Waals surface area contributed by atoms with Crippen molar-refractivity contribution in [1.29, 1.82) is 0 Å². The van der Waals surface area contributed by atoms with E-state index in [-0.39, 0.29) is 24.0 Å². The van der Waals surface area contributed by atoms with E-state index < -0.39 is 0 Å². The highest BCUT2D eigenvalue weighted by molar-refractivity contribution is 14.0. The summed E-state index contributed by atoms with van der Waals surface area (Å²) < 4.78 is 0. The van der Waals surface area contributed by atoms with Crippen molar-refractivity contribution in [2.75, 3.05) is 5.32 Å². The number of aliphatic imine (C=N–C) groups is 1. The van der Waals surface area contributed by atoms with E-state index >= 15 is 0 Å². The summed E-state index contributed by atoms with van der Waals surface area (Å²) in [6.45, 7) is 6.93. The smallest absolute Gasteiger partial charge is 0.193 e. The monoisotopic (exact) mass is 409 g/mol. The number of anilines is 1. The van der Waals surface area contributed by atoms with Crippen molar-refractivity contribution in [3.8, 4) is 0 Å². The van der Waals surface area contributed by atoms with Crippen molar-refractivity contribution >= 4 is 35.6 Å². The van der Waals surface area contributed by atoms with Crippen LogP contribution in [0.1, 0.15) is 29.2 Å². The third-order valence-corrected chi connectivity index (χ3v) is 3.53. The van der Waals surface area contributed by atoms with Crippen LogP contribution in [-0.4, -0.2) is 5.96 Å². The molecule has 0 aliphatic carbocycles. The fourth-order valence-corrected chi connectivity index (χ4v) is 2.25. The average Bonchev–Trinajstić information content (AvgIpc) is 2.46. The second-order valence-corrected chi connectivity index (χ2v) is 5.31. The maximum Gasteiger partial charge on any atom is 0.193 e. The molecule has 0 fully saturated rings. The summed E-state index contributed by atoms with van der Waals surface area (Å²) in [7, 11) is 0. The molecule has 2 aromatic rings. The lowest BCUT2D eigenvalue weighted by atomic mass is 10.1. The molecular weight excluding hydrogens is 385 g/mol. The topological polar surface area (TPSA) is 50.4 Å². The molecule has 0 aromatic heterocycles. The molecule has 4 heteroatoms. The number of hydrogen-bond donors (Lipinski definition) is 2. The molecule has 22 heavy (non-hydrogen) atoms. The first-order valence-electron chi connectivity index (χ1n) is 7.30. The molecule has 0 bridgehead atoms. The van der Waals surface area contributed by atoms with Gasteiger partial charge in [-0.15, -0.1) is 24.0 Å². The second-order valence-electron chi connectivity index (χ2n) is 5.31. The summed E-state index contributed by atoms with van der Waals surface area (Å²) in [5.41, 5.74) is 11.9. The van der Waals surface area contributed by atoms with Gasteiger partial charge in [0.1, 0.15) is 0 Å². The van der Waals surface area contributed by atoms with Gasteiger partial charge in [0.15, 0.2) is 5.96 Å². The standard InChI is InChI=1S/C18H23N3.HI/c1-4-15-6-5-7-17(11-15)21-18(19)20-12-16-9-8-13(2)10-14(16)3;/h5-11H,4,12H2,1-3H3,(H3,19,20,21);1H. The molecule has 2 aromatic carbocycles. The van der Waals surface area contributed by atoms with Crippen LogP contribution in [0, 0.1) is 13.8 Å². The van der Waals surface area contributed by atoms with Gasteiger partial charge < -0.3 is 11.1 Å². The number of nitrogens with zero attached hydrogens (tertiary/aromatic N) is 1. The Balaban J connectivity index is 0.00000242. The molecule has 3 N–H and O–H groups in total. The van der Waals surface area contributed by atoms with E-state index in [0.717, 1.165) is 12.1 Å². The van der Waals surface area contributed by atoms with Gasteiger partial charge in [0.25, 0.3) is 0 Å². The molecule has 118 valence electrons. The van der Waals surface area contributed by atoms with Gasteiger partial charge in [-0.2, -0.15) is 0 Å². The molecule has 0 amide bonds. The minimum Gasteiger partial charge on any atom is -0.370 e. The Kier molecular flexibility index (Phi) is 7.38. The third-order valence-electron chi connectivity index (χ3n) is 3.53. The number of nitrogens with two attached hydrogens (primary N) is 1. The fraction of sp³-hybridized carbons (Fsp3) is 0.278. The van der Waals surface area contributed by atoms with Crippen molar-refractivity contribution in [3.63, 3.8) is 0 Å². The molecule has 0 saturated heterocycles. The van der Waals surface area contributed by atoms with E-state index in [1.807, 2.05) is 12.1 Å². The zero-order valence-corrected chi connectivity index (χ0v) is 15.7. The highest BCUT2D eigenvalue weighted by Crippen LogP contribution is 2.13.